The lowest BCUT2D eigenvalue weighted by Gasteiger charge is -2.26. The summed E-state index contributed by atoms with van der Waals surface area (Å²) in [7, 11) is 1.44. The van der Waals surface area contributed by atoms with E-state index in [4.69, 9.17) is 16.2 Å². The van der Waals surface area contributed by atoms with E-state index in [-0.39, 0.29) is 36.6 Å². The summed E-state index contributed by atoms with van der Waals surface area (Å²) in [4.78, 5) is 47.5. The molecule has 1 rings (SSSR count). The molecular weight excluding hydrogens is 290 g/mol. The third kappa shape index (κ3) is 4.03. The van der Waals surface area contributed by atoms with Gasteiger partial charge in [-0.25, -0.2) is 0 Å². The molecule has 0 bridgehead atoms. The normalized spacial score (nSPS) is 23.9. The first kappa shape index (κ1) is 18.1. The minimum Gasteiger partial charge on any atom is -0.369 e. The zero-order chi connectivity index (χ0) is 17.0. The van der Waals surface area contributed by atoms with Gasteiger partial charge in [0.25, 0.3) is 0 Å². The van der Waals surface area contributed by atoms with Gasteiger partial charge in [-0.1, -0.05) is 13.8 Å². The fourth-order valence-electron chi connectivity index (χ4n) is 2.39. The number of primary amides is 2. The Kier molecular flexibility index (Phi) is 6.04. The van der Waals surface area contributed by atoms with Crippen molar-refractivity contribution in [3.63, 3.8) is 0 Å². The number of amides is 3. The van der Waals surface area contributed by atoms with Crippen LogP contribution in [0.2, 0.25) is 0 Å². The molecule has 0 spiro atoms. The van der Waals surface area contributed by atoms with Gasteiger partial charge in [0.15, 0.2) is 11.9 Å². The summed E-state index contributed by atoms with van der Waals surface area (Å²) >= 11 is 0. The fourth-order valence-corrected chi connectivity index (χ4v) is 2.39. The van der Waals surface area contributed by atoms with Gasteiger partial charge in [-0.3, -0.25) is 19.2 Å². The molecule has 0 radical (unpaired) electrons. The van der Waals surface area contributed by atoms with Crippen molar-refractivity contribution in [3.8, 4) is 0 Å². The van der Waals surface area contributed by atoms with E-state index in [1.54, 1.807) is 6.92 Å². The number of hydrogen-bond donors (Lipinski definition) is 2. The van der Waals surface area contributed by atoms with Crippen LogP contribution < -0.4 is 11.5 Å². The Bertz CT molecular complexity index is 479. The average molecular weight is 313 g/mol. The Morgan fingerprint density at radius 1 is 1.32 bits per heavy atom. The summed E-state index contributed by atoms with van der Waals surface area (Å²) < 4.78 is 5.03. The van der Waals surface area contributed by atoms with Crippen molar-refractivity contribution in [2.45, 2.75) is 38.8 Å². The molecule has 22 heavy (non-hydrogen) atoms. The highest BCUT2D eigenvalue weighted by Crippen LogP contribution is 2.20. The Morgan fingerprint density at radius 2 is 1.91 bits per heavy atom. The summed E-state index contributed by atoms with van der Waals surface area (Å²) in [5.74, 6) is -2.24. The van der Waals surface area contributed by atoms with Crippen LogP contribution in [0.5, 0.6) is 0 Å². The third-order valence-electron chi connectivity index (χ3n) is 4.23. The Morgan fingerprint density at radius 3 is 2.41 bits per heavy atom. The van der Waals surface area contributed by atoms with Gasteiger partial charge in [-0.05, 0) is 12.3 Å². The maximum atomic E-state index is 12.2. The molecule has 3 amide bonds. The Balaban J connectivity index is 2.63. The number of carbonyl (C=O) groups excluding carboxylic acids is 4. The lowest BCUT2D eigenvalue weighted by molar-refractivity contribution is -0.140. The van der Waals surface area contributed by atoms with E-state index in [9.17, 15) is 19.2 Å². The van der Waals surface area contributed by atoms with Crippen LogP contribution in [-0.2, 0) is 23.9 Å². The Labute approximate surface area is 129 Å². The Hall–Kier alpha value is -1.96. The standard InChI is InChI=1S/C14H23N3O5/c1-7(8(2)13(15)20)4-5-10(19)17(3)11-9(18)6-22-12(11)14(16)21/h7-8,11-12H,4-6H2,1-3H3,(H2,15,20)(H2,16,21). The van der Waals surface area contributed by atoms with E-state index >= 15 is 0 Å². The molecule has 0 aromatic rings. The van der Waals surface area contributed by atoms with E-state index in [2.05, 4.69) is 0 Å². The molecule has 1 aliphatic rings. The van der Waals surface area contributed by atoms with Crippen LogP contribution in [0, 0.1) is 11.8 Å². The minimum atomic E-state index is -1.11. The lowest BCUT2D eigenvalue weighted by atomic mass is 9.91. The highest BCUT2D eigenvalue weighted by atomic mass is 16.5. The molecule has 8 heteroatoms. The number of Topliss-reactive ketones (excluding diaryl/α,β-unsaturated/α-hetero) is 1. The van der Waals surface area contributed by atoms with Crippen molar-refractivity contribution in [2.24, 2.45) is 23.3 Å². The number of rotatable bonds is 7. The summed E-state index contributed by atoms with van der Waals surface area (Å²) in [5, 5.41) is 0. The predicted octanol–water partition coefficient (Wildman–Crippen LogP) is -1.20. The topological polar surface area (TPSA) is 133 Å². The van der Waals surface area contributed by atoms with Crippen LogP contribution in [0.3, 0.4) is 0 Å². The number of carbonyl (C=O) groups is 4. The number of nitrogens with two attached hydrogens (primary N) is 2. The SMILES string of the molecule is CC(CCC(=O)N(C)C1C(=O)COC1C(N)=O)C(C)C(N)=O. The van der Waals surface area contributed by atoms with Gasteiger partial charge in [0.05, 0.1) is 0 Å². The summed E-state index contributed by atoms with van der Waals surface area (Å²) in [6.07, 6.45) is -0.510. The predicted molar refractivity (Wildman–Crippen MR) is 77.3 cm³/mol. The molecule has 1 fully saturated rings. The first-order valence-corrected chi connectivity index (χ1v) is 7.15. The van der Waals surface area contributed by atoms with Crippen LogP contribution in [0.15, 0.2) is 0 Å². The molecule has 4 unspecified atom stereocenters. The largest absolute Gasteiger partial charge is 0.369 e. The van der Waals surface area contributed by atoms with Crippen LogP contribution >= 0.6 is 0 Å². The molecule has 4 N–H and O–H groups in total. The number of likely N-dealkylation sites (N-methyl/N-ethyl adjacent to an activating group) is 1. The highest BCUT2D eigenvalue weighted by Gasteiger charge is 2.43. The fraction of sp³-hybridized carbons (Fsp3) is 0.714. The maximum Gasteiger partial charge on any atom is 0.249 e. The summed E-state index contributed by atoms with van der Waals surface area (Å²) in [6.45, 7) is 3.31. The van der Waals surface area contributed by atoms with Gasteiger partial charge in [0, 0.05) is 19.4 Å². The molecule has 8 nitrogen and oxygen atoms in total. The summed E-state index contributed by atoms with van der Waals surface area (Å²) in [5.41, 5.74) is 10.4. The van der Waals surface area contributed by atoms with Crippen LogP contribution in [-0.4, -0.2) is 54.2 Å². The van der Waals surface area contributed by atoms with Gasteiger partial charge < -0.3 is 21.1 Å². The van der Waals surface area contributed by atoms with Crippen molar-refractivity contribution in [1.29, 1.82) is 0 Å². The second-order valence-corrected chi connectivity index (χ2v) is 5.76. The number of ketones is 1. The average Bonchev–Trinajstić information content (AvgIpc) is 2.84. The lowest BCUT2D eigenvalue weighted by Crippen LogP contribution is -2.50. The van der Waals surface area contributed by atoms with Gasteiger partial charge in [0.1, 0.15) is 12.6 Å². The van der Waals surface area contributed by atoms with E-state index in [0.29, 0.717) is 6.42 Å². The first-order valence-electron chi connectivity index (χ1n) is 7.15. The number of nitrogens with zero attached hydrogens (tertiary/aromatic N) is 1. The number of hydrogen-bond acceptors (Lipinski definition) is 5. The first-order chi connectivity index (χ1) is 10.2. The van der Waals surface area contributed by atoms with Gasteiger partial charge in [0.2, 0.25) is 17.7 Å². The second-order valence-electron chi connectivity index (χ2n) is 5.76. The van der Waals surface area contributed by atoms with Gasteiger partial charge >= 0.3 is 0 Å². The van der Waals surface area contributed by atoms with Crippen molar-refractivity contribution in [2.75, 3.05) is 13.7 Å². The van der Waals surface area contributed by atoms with Gasteiger partial charge in [-0.15, -0.1) is 0 Å². The second kappa shape index (κ2) is 7.35. The molecule has 4 atom stereocenters. The van der Waals surface area contributed by atoms with Gasteiger partial charge in [-0.2, -0.15) is 0 Å². The zero-order valence-electron chi connectivity index (χ0n) is 13.1. The molecule has 1 heterocycles. The quantitative estimate of drug-likeness (QED) is 0.609. The minimum absolute atomic E-state index is 0.0580. The van der Waals surface area contributed by atoms with Crippen LogP contribution in [0.4, 0.5) is 0 Å². The summed E-state index contributed by atoms with van der Waals surface area (Å²) in [6, 6.07) is -0.978. The smallest absolute Gasteiger partial charge is 0.249 e. The number of ether oxygens (including phenoxy) is 1. The molecule has 124 valence electrons. The van der Waals surface area contributed by atoms with E-state index < -0.39 is 24.0 Å². The van der Waals surface area contributed by atoms with Crippen molar-refractivity contribution >= 4 is 23.5 Å². The van der Waals surface area contributed by atoms with E-state index in [1.807, 2.05) is 6.92 Å². The molecular formula is C14H23N3O5. The maximum absolute atomic E-state index is 12.2. The van der Waals surface area contributed by atoms with E-state index in [0.717, 1.165) is 0 Å². The van der Waals surface area contributed by atoms with Crippen LogP contribution in [0.1, 0.15) is 26.7 Å². The molecule has 1 aliphatic heterocycles. The molecule has 0 aromatic heterocycles. The van der Waals surface area contributed by atoms with Crippen molar-refractivity contribution < 1.29 is 23.9 Å². The molecule has 0 saturated carbocycles. The highest BCUT2D eigenvalue weighted by molar-refractivity contribution is 5.98. The molecule has 0 aliphatic carbocycles. The molecule has 1 saturated heterocycles. The van der Waals surface area contributed by atoms with E-state index in [1.165, 1.54) is 11.9 Å². The zero-order valence-corrected chi connectivity index (χ0v) is 13.1. The van der Waals surface area contributed by atoms with Crippen LogP contribution in [0.25, 0.3) is 0 Å². The third-order valence-corrected chi connectivity index (χ3v) is 4.23. The van der Waals surface area contributed by atoms with Crippen molar-refractivity contribution in [1.82, 2.24) is 4.90 Å². The van der Waals surface area contributed by atoms with Crippen molar-refractivity contribution in [3.05, 3.63) is 0 Å². The monoisotopic (exact) mass is 313 g/mol. The molecule has 0 aromatic carbocycles.